The lowest BCUT2D eigenvalue weighted by Gasteiger charge is -2.33. The van der Waals surface area contributed by atoms with Gasteiger partial charge in [0.05, 0.1) is 0 Å². The third-order valence-electron chi connectivity index (χ3n) is 4.54. The molecule has 0 amide bonds. The second-order valence-electron chi connectivity index (χ2n) is 5.71. The highest BCUT2D eigenvalue weighted by atomic mass is 79.9. The third kappa shape index (κ3) is 2.18. The van der Waals surface area contributed by atoms with E-state index < -0.39 is 0 Å². The largest absolute Gasteiger partial charge is 0.353 e. The summed E-state index contributed by atoms with van der Waals surface area (Å²) in [4.78, 5) is 7.30. The molecule has 2 fully saturated rings. The lowest BCUT2D eigenvalue weighted by atomic mass is 9.85. The molecule has 0 spiro atoms. The fraction of sp³-hybridized carbons (Fsp3) is 0.667. The number of alkyl halides is 1. The van der Waals surface area contributed by atoms with Crippen LogP contribution in [0, 0.1) is 12.8 Å². The number of pyridine rings is 1. The molecule has 0 aromatic carbocycles. The van der Waals surface area contributed by atoms with Crippen LogP contribution in [0.3, 0.4) is 0 Å². The Labute approximate surface area is 118 Å². The van der Waals surface area contributed by atoms with E-state index in [-0.39, 0.29) is 0 Å². The summed E-state index contributed by atoms with van der Waals surface area (Å²) in [5, 5.41) is 0.896. The van der Waals surface area contributed by atoms with Gasteiger partial charge in [-0.25, -0.2) is 4.98 Å². The van der Waals surface area contributed by atoms with Gasteiger partial charge in [-0.1, -0.05) is 34.8 Å². The number of halogens is 1. The Kier molecular flexibility index (Phi) is 3.60. The minimum Gasteiger partial charge on any atom is -0.353 e. The number of fused-ring (bicyclic) bond motifs is 1. The van der Waals surface area contributed by atoms with Crippen molar-refractivity contribution in [2.75, 3.05) is 11.4 Å². The van der Waals surface area contributed by atoms with Crippen molar-refractivity contribution in [1.29, 1.82) is 0 Å². The molecule has 0 N–H and O–H groups in total. The summed E-state index contributed by atoms with van der Waals surface area (Å²) in [5.74, 6) is 2.16. The van der Waals surface area contributed by atoms with Crippen LogP contribution in [0.15, 0.2) is 12.3 Å². The predicted octanol–water partition coefficient (Wildman–Crippen LogP) is 4.05. The van der Waals surface area contributed by atoms with Crippen LogP contribution in [0.4, 0.5) is 5.82 Å². The zero-order valence-electron chi connectivity index (χ0n) is 11.0. The molecule has 1 aromatic rings. The van der Waals surface area contributed by atoms with E-state index >= 15 is 0 Å². The molecule has 2 nitrogen and oxygen atoms in total. The Hall–Kier alpha value is -0.570. The van der Waals surface area contributed by atoms with Gasteiger partial charge < -0.3 is 4.90 Å². The number of aromatic nitrogens is 1. The monoisotopic (exact) mass is 308 g/mol. The van der Waals surface area contributed by atoms with Crippen molar-refractivity contribution >= 4 is 21.7 Å². The molecule has 1 saturated carbocycles. The standard InChI is InChI=1S/C15H21BrN2/c1-11-8-12(9-16)10-17-15(11)18-7-6-13-4-2-3-5-14(13)18/h8,10,13-14H,2-7,9H2,1H3. The van der Waals surface area contributed by atoms with E-state index in [2.05, 4.69) is 33.8 Å². The number of nitrogens with zero attached hydrogens (tertiary/aromatic N) is 2. The van der Waals surface area contributed by atoms with Gasteiger partial charge in [0.2, 0.25) is 0 Å². The molecule has 2 heterocycles. The number of anilines is 1. The van der Waals surface area contributed by atoms with E-state index in [0.717, 1.165) is 17.3 Å². The zero-order valence-corrected chi connectivity index (χ0v) is 12.6. The van der Waals surface area contributed by atoms with Gasteiger partial charge in [0.1, 0.15) is 5.82 Å². The summed E-state index contributed by atoms with van der Waals surface area (Å²) < 4.78 is 0. The van der Waals surface area contributed by atoms with Gasteiger partial charge in [0, 0.05) is 24.1 Å². The molecule has 3 rings (SSSR count). The Morgan fingerprint density at radius 1 is 1.33 bits per heavy atom. The summed E-state index contributed by atoms with van der Waals surface area (Å²) in [6.45, 7) is 3.40. The first kappa shape index (κ1) is 12.5. The first-order valence-electron chi connectivity index (χ1n) is 7.07. The maximum Gasteiger partial charge on any atom is 0.131 e. The van der Waals surface area contributed by atoms with Gasteiger partial charge in [0.15, 0.2) is 0 Å². The Balaban J connectivity index is 1.86. The first-order valence-corrected chi connectivity index (χ1v) is 8.20. The van der Waals surface area contributed by atoms with Crippen molar-refractivity contribution in [3.8, 4) is 0 Å². The summed E-state index contributed by atoms with van der Waals surface area (Å²) in [7, 11) is 0. The molecular formula is C15H21BrN2. The van der Waals surface area contributed by atoms with E-state index in [4.69, 9.17) is 4.98 Å². The average Bonchev–Trinajstić information content (AvgIpc) is 2.82. The maximum absolute atomic E-state index is 4.72. The van der Waals surface area contributed by atoms with E-state index in [1.54, 1.807) is 0 Å². The average molecular weight is 309 g/mol. The fourth-order valence-corrected chi connectivity index (χ4v) is 3.98. The Morgan fingerprint density at radius 3 is 2.94 bits per heavy atom. The Bertz CT molecular complexity index is 433. The molecular weight excluding hydrogens is 288 g/mol. The van der Waals surface area contributed by atoms with Gasteiger partial charge in [-0.3, -0.25) is 0 Å². The normalized spacial score (nSPS) is 27.3. The summed E-state index contributed by atoms with van der Waals surface area (Å²) in [6.07, 6.45) is 9.02. The highest BCUT2D eigenvalue weighted by Crippen LogP contribution is 2.39. The van der Waals surface area contributed by atoms with Gasteiger partial charge in [-0.15, -0.1) is 0 Å². The van der Waals surface area contributed by atoms with Crippen molar-refractivity contribution in [3.63, 3.8) is 0 Å². The SMILES string of the molecule is Cc1cc(CBr)cnc1N1CCC2CCCCC21. The van der Waals surface area contributed by atoms with E-state index in [1.165, 1.54) is 55.6 Å². The smallest absolute Gasteiger partial charge is 0.131 e. The number of hydrogen-bond acceptors (Lipinski definition) is 2. The minimum absolute atomic E-state index is 0.764. The van der Waals surface area contributed by atoms with Crippen molar-refractivity contribution in [1.82, 2.24) is 4.98 Å². The van der Waals surface area contributed by atoms with Gasteiger partial charge in [0.25, 0.3) is 0 Å². The van der Waals surface area contributed by atoms with E-state index in [1.807, 2.05) is 6.20 Å². The summed E-state index contributed by atoms with van der Waals surface area (Å²) in [5.41, 5.74) is 2.61. The summed E-state index contributed by atoms with van der Waals surface area (Å²) in [6, 6.07) is 3.03. The highest BCUT2D eigenvalue weighted by Gasteiger charge is 2.36. The van der Waals surface area contributed by atoms with Crippen molar-refractivity contribution < 1.29 is 0 Å². The maximum atomic E-state index is 4.72. The number of aryl methyl sites for hydroxylation is 1. The Morgan fingerprint density at radius 2 is 2.17 bits per heavy atom. The zero-order chi connectivity index (χ0) is 12.5. The summed E-state index contributed by atoms with van der Waals surface area (Å²) >= 11 is 3.50. The lowest BCUT2D eigenvalue weighted by molar-refractivity contribution is 0.341. The van der Waals surface area contributed by atoms with E-state index in [0.29, 0.717) is 0 Å². The van der Waals surface area contributed by atoms with Gasteiger partial charge in [-0.05, 0) is 43.2 Å². The van der Waals surface area contributed by atoms with Crippen LogP contribution < -0.4 is 4.90 Å². The molecule has 1 aliphatic heterocycles. The van der Waals surface area contributed by atoms with E-state index in [9.17, 15) is 0 Å². The van der Waals surface area contributed by atoms with Crippen LogP contribution in [0.2, 0.25) is 0 Å². The number of rotatable bonds is 2. The second-order valence-corrected chi connectivity index (χ2v) is 6.27. The van der Waals surface area contributed by atoms with Crippen molar-refractivity contribution in [2.45, 2.75) is 50.4 Å². The third-order valence-corrected chi connectivity index (χ3v) is 5.19. The van der Waals surface area contributed by atoms with Crippen LogP contribution in [0.25, 0.3) is 0 Å². The molecule has 0 radical (unpaired) electrons. The first-order chi connectivity index (χ1) is 8.79. The van der Waals surface area contributed by atoms with Crippen LogP contribution in [0.5, 0.6) is 0 Å². The molecule has 3 heteroatoms. The quantitative estimate of drug-likeness (QED) is 0.766. The number of hydrogen-bond donors (Lipinski definition) is 0. The molecule has 2 atom stereocenters. The predicted molar refractivity (Wildman–Crippen MR) is 79.3 cm³/mol. The molecule has 18 heavy (non-hydrogen) atoms. The molecule has 2 unspecified atom stereocenters. The van der Waals surface area contributed by atoms with Crippen LogP contribution in [0.1, 0.15) is 43.2 Å². The molecule has 1 aromatic heterocycles. The van der Waals surface area contributed by atoms with Crippen molar-refractivity contribution in [3.05, 3.63) is 23.4 Å². The fourth-order valence-electron chi connectivity index (χ4n) is 3.67. The molecule has 2 aliphatic rings. The highest BCUT2D eigenvalue weighted by molar-refractivity contribution is 9.08. The van der Waals surface area contributed by atoms with Crippen LogP contribution >= 0.6 is 15.9 Å². The molecule has 98 valence electrons. The van der Waals surface area contributed by atoms with Gasteiger partial charge in [-0.2, -0.15) is 0 Å². The lowest BCUT2D eigenvalue weighted by Crippen LogP contribution is -2.35. The van der Waals surface area contributed by atoms with Crippen molar-refractivity contribution in [2.24, 2.45) is 5.92 Å². The molecule has 1 aliphatic carbocycles. The van der Waals surface area contributed by atoms with Gasteiger partial charge >= 0.3 is 0 Å². The topological polar surface area (TPSA) is 16.1 Å². The second kappa shape index (κ2) is 5.20. The minimum atomic E-state index is 0.764. The van der Waals surface area contributed by atoms with Crippen LogP contribution in [-0.4, -0.2) is 17.6 Å². The molecule has 1 saturated heterocycles. The molecule has 0 bridgehead atoms. The van der Waals surface area contributed by atoms with Crippen LogP contribution in [-0.2, 0) is 5.33 Å².